The van der Waals surface area contributed by atoms with Crippen LogP contribution in [0.5, 0.6) is 0 Å². The van der Waals surface area contributed by atoms with Crippen molar-refractivity contribution >= 4 is 12.2 Å². The number of fused-ring (bicyclic) bond motifs is 2. The van der Waals surface area contributed by atoms with Gasteiger partial charge in [-0.05, 0) is 63.5 Å². The van der Waals surface area contributed by atoms with E-state index in [-0.39, 0.29) is 28.2 Å². The Bertz CT molecular complexity index is 1320. The Kier molecular flexibility index (Phi) is 8.63. The van der Waals surface area contributed by atoms with E-state index in [4.69, 9.17) is 0 Å². The van der Waals surface area contributed by atoms with Crippen molar-refractivity contribution in [3.8, 4) is 0 Å². The van der Waals surface area contributed by atoms with Crippen LogP contribution in [-0.2, 0) is 30.2 Å². The summed E-state index contributed by atoms with van der Waals surface area (Å²) in [6.07, 6.45) is 27.2. The third-order valence-electron chi connectivity index (χ3n) is 5.56. The molecule has 2 fully saturated rings. The van der Waals surface area contributed by atoms with E-state index in [0.717, 1.165) is 11.8 Å². The van der Waals surface area contributed by atoms with Gasteiger partial charge in [0.2, 0.25) is 11.2 Å². The Balaban J connectivity index is 0.000000160. The van der Waals surface area contributed by atoms with Gasteiger partial charge < -0.3 is 9.97 Å². The normalized spacial score (nSPS) is 20.7. The number of aromatic nitrogens is 4. The summed E-state index contributed by atoms with van der Waals surface area (Å²) in [6.45, 7) is 2.41. The van der Waals surface area contributed by atoms with Crippen LogP contribution in [0.3, 0.4) is 0 Å². The van der Waals surface area contributed by atoms with E-state index >= 15 is 0 Å². The smallest absolute Gasteiger partial charge is 0.321 e. The number of nitrogens with zero attached hydrogens (tertiary/aromatic N) is 4. The predicted molar refractivity (Wildman–Crippen MR) is 129 cm³/mol. The molecule has 2 aliphatic heterocycles. The molecule has 176 valence electrons. The Labute approximate surface area is 214 Å². The zero-order valence-electron chi connectivity index (χ0n) is 18.9. The standard InChI is InChI=1S/2C13H12N3O.Fe/c2*17-12-11(9-10-5-1-2-6-10)15-13-14-7-3-4-8-16(12)13;/h2*1-6,9H,7-8H2,(H,14,15);/q;;+2/b2*11-9-;. The van der Waals surface area contributed by atoms with Gasteiger partial charge in [0.1, 0.15) is 10.7 Å². The van der Waals surface area contributed by atoms with Gasteiger partial charge in [0, 0.05) is 24.9 Å². The van der Waals surface area contributed by atoms with E-state index < -0.39 is 0 Å². The van der Waals surface area contributed by atoms with Crippen molar-refractivity contribution in [1.82, 2.24) is 19.1 Å². The van der Waals surface area contributed by atoms with E-state index in [1.54, 1.807) is 9.13 Å². The largest absolute Gasteiger partial charge is 2.00 e. The monoisotopic (exact) mass is 508 g/mol. The third-order valence-corrected chi connectivity index (χ3v) is 5.56. The maximum atomic E-state index is 12.1. The van der Waals surface area contributed by atoms with E-state index in [0.29, 0.717) is 48.1 Å². The van der Waals surface area contributed by atoms with Crippen LogP contribution in [0.1, 0.15) is 0 Å². The summed E-state index contributed by atoms with van der Waals surface area (Å²) in [5.41, 5.74) is 1.27. The fourth-order valence-corrected chi connectivity index (χ4v) is 3.84. The second-order valence-electron chi connectivity index (χ2n) is 7.91. The average Bonchev–Trinajstić information content (AvgIpc) is 3.58. The van der Waals surface area contributed by atoms with Gasteiger partial charge in [0.15, 0.2) is 0 Å². The maximum Gasteiger partial charge on any atom is 2.00 e. The molecule has 0 saturated heterocycles. The third kappa shape index (κ3) is 5.96. The molecule has 0 amide bonds. The number of allylic oxidation sites excluding steroid dienone is 2. The van der Waals surface area contributed by atoms with E-state index in [1.807, 2.05) is 87.8 Å². The van der Waals surface area contributed by atoms with Gasteiger partial charge in [-0.25, -0.2) is 9.98 Å². The molecule has 0 atom stereocenters. The number of hydrogen-bond donors (Lipinski definition) is 2. The van der Waals surface area contributed by atoms with Crippen LogP contribution in [-0.4, -0.2) is 32.2 Å². The molecule has 2 aromatic rings. The first kappa shape index (κ1) is 25.5. The molecule has 10 radical (unpaired) electrons. The molecule has 0 aromatic carbocycles. The molecule has 35 heavy (non-hydrogen) atoms. The second-order valence-corrected chi connectivity index (χ2v) is 7.91. The van der Waals surface area contributed by atoms with Crippen molar-refractivity contribution in [1.29, 1.82) is 0 Å². The van der Waals surface area contributed by atoms with Crippen molar-refractivity contribution < 1.29 is 17.1 Å². The quantitative estimate of drug-likeness (QED) is 0.406. The van der Waals surface area contributed by atoms with Crippen molar-refractivity contribution in [2.75, 3.05) is 13.1 Å². The summed E-state index contributed by atoms with van der Waals surface area (Å²) < 4.78 is 3.30. The molecule has 2 saturated carbocycles. The molecule has 9 heteroatoms. The summed E-state index contributed by atoms with van der Waals surface area (Å²) in [4.78, 5) is 38.9. The van der Waals surface area contributed by atoms with Crippen LogP contribution in [0.25, 0.3) is 12.2 Å². The predicted octanol–water partition coefficient (Wildman–Crippen LogP) is -0.899. The van der Waals surface area contributed by atoms with Crippen LogP contribution in [0, 0.1) is 63.2 Å². The Morgan fingerprint density at radius 3 is 1.46 bits per heavy atom. The number of imidazole rings is 2. The van der Waals surface area contributed by atoms with E-state index in [2.05, 4.69) is 20.0 Å². The minimum Gasteiger partial charge on any atom is -0.321 e. The first-order valence-corrected chi connectivity index (χ1v) is 11.1. The van der Waals surface area contributed by atoms with Crippen molar-refractivity contribution in [3.63, 3.8) is 0 Å². The van der Waals surface area contributed by atoms with Gasteiger partial charge in [0.05, 0.1) is 13.1 Å². The van der Waals surface area contributed by atoms with Crippen LogP contribution in [0.15, 0.2) is 43.9 Å². The van der Waals surface area contributed by atoms with E-state index in [9.17, 15) is 9.59 Å². The molecule has 0 unspecified atom stereocenters. The minimum atomic E-state index is -0.0171. The summed E-state index contributed by atoms with van der Waals surface area (Å²) >= 11 is 0. The maximum absolute atomic E-state index is 12.1. The van der Waals surface area contributed by atoms with Gasteiger partial charge in [0.25, 0.3) is 11.1 Å². The summed E-state index contributed by atoms with van der Waals surface area (Å²) in [6, 6.07) is 0. The summed E-state index contributed by atoms with van der Waals surface area (Å²) in [7, 11) is 0. The molecule has 2 aromatic heterocycles. The van der Waals surface area contributed by atoms with Crippen molar-refractivity contribution in [2.24, 2.45) is 9.98 Å². The van der Waals surface area contributed by atoms with Crippen LogP contribution in [0.2, 0.25) is 0 Å². The number of rotatable bonds is 2. The molecule has 4 aliphatic rings. The molecule has 6 rings (SSSR count). The Hall–Kier alpha value is -2.64. The number of nitrogens with one attached hydrogen (secondary N) is 2. The molecule has 8 nitrogen and oxygen atoms in total. The van der Waals surface area contributed by atoms with Gasteiger partial charge in [-0.3, -0.25) is 18.7 Å². The zero-order valence-corrected chi connectivity index (χ0v) is 20.0. The van der Waals surface area contributed by atoms with E-state index in [1.165, 1.54) is 0 Å². The zero-order chi connectivity index (χ0) is 23.3. The van der Waals surface area contributed by atoms with Gasteiger partial charge >= 0.3 is 17.1 Å². The fourth-order valence-electron chi connectivity index (χ4n) is 3.84. The summed E-state index contributed by atoms with van der Waals surface area (Å²) in [5.74, 6) is 2.05. The minimum absolute atomic E-state index is 0. The van der Waals surface area contributed by atoms with Gasteiger partial charge in [-0.15, -0.1) is 0 Å². The SMILES string of the molecule is O=c1/c(=C/[C]2[CH][CH][CH][CH]2)[nH]c2n1CC=CCN=2.O=c1/c(=C/[C]2[CH][CH][CH][CH]2)[nH]c2n1CC=CCN=2.[Fe+2]. The van der Waals surface area contributed by atoms with Gasteiger partial charge in [-0.1, -0.05) is 24.3 Å². The number of hydrogen-bond acceptors (Lipinski definition) is 4. The Morgan fingerprint density at radius 1 is 0.657 bits per heavy atom. The molecule has 4 heterocycles. The first-order valence-electron chi connectivity index (χ1n) is 11.1. The van der Waals surface area contributed by atoms with Gasteiger partial charge in [-0.2, -0.15) is 0 Å². The molecular formula is C26H24FeN6O2+2. The average molecular weight is 508 g/mol. The summed E-state index contributed by atoms with van der Waals surface area (Å²) in [5, 5.41) is 1.18. The first-order chi connectivity index (χ1) is 16.7. The van der Waals surface area contributed by atoms with Crippen molar-refractivity contribution in [2.45, 2.75) is 13.1 Å². The van der Waals surface area contributed by atoms with Crippen LogP contribution < -0.4 is 33.1 Å². The molecule has 2 aliphatic carbocycles. The van der Waals surface area contributed by atoms with Crippen LogP contribution in [0.4, 0.5) is 0 Å². The molecule has 0 bridgehead atoms. The molecule has 2 N–H and O–H groups in total. The second kappa shape index (κ2) is 11.9. The van der Waals surface area contributed by atoms with Crippen molar-refractivity contribution in [3.05, 3.63) is 130 Å². The Morgan fingerprint density at radius 2 is 1.06 bits per heavy atom. The molecular weight excluding hydrogens is 484 g/mol. The van der Waals surface area contributed by atoms with Crippen LogP contribution >= 0.6 is 0 Å². The molecule has 0 spiro atoms. The number of aromatic amines is 2. The number of H-pyrrole nitrogens is 2. The topological polar surface area (TPSA) is 100 Å². The fraction of sp³-hybridized carbons (Fsp3) is 0.154.